The van der Waals surface area contributed by atoms with Gasteiger partial charge in [-0.1, -0.05) is 29.8 Å². The van der Waals surface area contributed by atoms with Gasteiger partial charge in [-0.2, -0.15) is 0 Å². The standard InChI is InChI=1S/C18H21N3O/c1-15-3-2-4-16(13-15)14-20-9-11-21(12-10-20)18(22)17-5-7-19-8-6-17/h2-8,13H,9-12,14H2,1H3/p+1. The van der Waals surface area contributed by atoms with Crippen LogP contribution in [-0.4, -0.2) is 42.0 Å². The molecule has 2 aromatic rings. The molecule has 4 heteroatoms. The summed E-state index contributed by atoms with van der Waals surface area (Å²) in [7, 11) is 0. The second kappa shape index (κ2) is 6.71. The highest BCUT2D eigenvalue weighted by atomic mass is 16.2. The number of nitrogens with zero attached hydrogens (tertiary/aromatic N) is 2. The van der Waals surface area contributed by atoms with Gasteiger partial charge < -0.3 is 9.80 Å². The van der Waals surface area contributed by atoms with E-state index in [1.165, 1.54) is 11.1 Å². The summed E-state index contributed by atoms with van der Waals surface area (Å²) in [4.78, 5) is 19.9. The van der Waals surface area contributed by atoms with Crippen LogP contribution in [0.1, 0.15) is 21.5 Å². The molecule has 0 atom stereocenters. The zero-order valence-corrected chi connectivity index (χ0v) is 13.0. The van der Waals surface area contributed by atoms with Crippen molar-refractivity contribution in [2.24, 2.45) is 0 Å². The van der Waals surface area contributed by atoms with Crippen LogP contribution in [0.25, 0.3) is 0 Å². The zero-order chi connectivity index (χ0) is 15.4. The Kier molecular flexibility index (Phi) is 4.49. The predicted molar refractivity (Wildman–Crippen MR) is 85.7 cm³/mol. The maximum absolute atomic E-state index is 12.4. The Labute approximate surface area is 131 Å². The van der Waals surface area contributed by atoms with Gasteiger partial charge in [0.1, 0.15) is 6.54 Å². The minimum absolute atomic E-state index is 0.122. The van der Waals surface area contributed by atoms with E-state index in [2.05, 4.69) is 36.2 Å². The Bertz CT molecular complexity index is 634. The molecule has 0 spiro atoms. The highest BCUT2D eigenvalue weighted by Crippen LogP contribution is 2.05. The van der Waals surface area contributed by atoms with Crippen molar-refractivity contribution in [2.45, 2.75) is 13.5 Å². The average Bonchev–Trinajstić information content (AvgIpc) is 2.56. The molecule has 3 rings (SSSR count). The quantitative estimate of drug-likeness (QED) is 0.915. The first-order valence-corrected chi connectivity index (χ1v) is 7.81. The van der Waals surface area contributed by atoms with Crippen molar-refractivity contribution in [1.29, 1.82) is 0 Å². The molecule has 1 aliphatic rings. The van der Waals surface area contributed by atoms with Gasteiger partial charge in [-0.15, -0.1) is 0 Å². The number of pyridine rings is 1. The molecule has 114 valence electrons. The third-order valence-corrected chi connectivity index (χ3v) is 4.22. The van der Waals surface area contributed by atoms with E-state index in [1.807, 2.05) is 4.90 Å². The van der Waals surface area contributed by atoms with E-state index in [1.54, 1.807) is 29.4 Å². The number of benzene rings is 1. The number of hydrogen-bond donors (Lipinski definition) is 1. The molecule has 1 N–H and O–H groups in total. The monoisotopic (exact) mass is 296 g/mol. The van der Waals surface area contributed by atoms with Crippen LogP contribution in [0.3, 0.4) is 0 Å². The van der Waals surface area contributed by atoms with Crippen molar-refractivity contribution < 1.29 is 9.69 Å². The molecular weight excluding hydrogens is 274 g/mol. The summed E-state index contributed by atoms with van der Waals surface area (Å²) in [6, 6.07) is 12.3. The minimum Gasteiger partial charge on any atom is -0.328 e. The Morgan fingerprint density at radius 2 is 1.91 bits per heavy atom. The number of aromatic nitrogens is 1. The van der Waals surface area contributed by atoms with Crippen LogP contribution in [-0.2, 0) is 6.54 Å². The van der Waals surface area contributed by atoms with Gasteiger partial charge in [-0.3, -0.25) is 9.78 Å². The van der Waals surface area contributed by atoms with E-state index < -0.39 is 0 Å². The Balaban J connectivity index is 1.55. The number of nitrogens with one attached hydrogen (secondary N) is 1. The Morgan fingerprint density at radius 3 is 2.59 bits per heavy atom. The lowest BCUT2D eigenvalue weighted by molar-refractivity contribution is -0.917. The smallest absolute Gasteiger partial charge is 0.254 e. The first kappa shape index (κ1) is 14.7. The van der Waals surface area contributed by atoms with Crippen LogP contribution in [0.15, 0.2) is 48.8 Å². The third-order valence-electron chi connectivity index (χ3n) is 4.22. The van der Waals surface area contributed by atoms with Gasteiger partial charge in [0.2, 0.25) is 0 Å². The van der Waals surface area contributed by atoms with Crippen molar-refractivity contribution >= 4 is 5.91 Å². The minimum atomic E-state index is 0.122. The summed E-state index contributed by atoms with van der Waals surface area (Å²) in [5, 5.41) is 0. The molecule has 1 amide bonds. The molecule has 0 unspecified atom stereocenters. The lowest BCUT2D eigenvalue weighted by Gasteiger charge is -2.32. The molecule has 1 fully saturated rings. The van der Waals surface area contributed by atoms with Gasteiger partial charge in [0.05, 0.1) is 26.2 Å². The number of piperazine rings is 1. The number of carbonyl (C=O) groups excluding carboxylic acids is 1. The topological polar surface area (TPSA) is 37.6 Å². The second-order valence-electron chi connectivity index (χ2n) is 5.94. The first-order chi connectivity index (χ1) is 10.7. The van der Waals surface area contributed by atoms with E-state index in [-0.39, 0.29) is 5.91 Å². The van der Waals surface area contributed by atoms with Crippen LogP contribution < -0.4 is 4.90 Å². The summed E-state index contributed by atoms with van der Waals surface area (Å²) >= 11 is 0. The summed E-state index contributed by atoms with van der Waals surface area (Å²) in [6.45, 7) is 6.82. The lowest BCUT2D eigenvalue weighted by Crippen LogP contribution is -3.13. The van der Waals surface area contributed by atoms with Crippen molar-refractivity contribution in [1.82, 2.24) is 9.88 Å². The molecule has 4 nitrogen and oxygen atoms in total. The summed E-state index contributed by atoms with van der Waals surface area (Å²) in [5.41, 5.74) is 3.42. The fourth-order valence-corrected chi connectivity index (χ4v) is 2.99. The van der Waals surface area contributed by atoms with Gasteiger partial charge in [0, 0.05) is 23.5 Å². The summed E-state index contributed by atoms with van der Waals surface area (Å²) in [5.74, 6) is 0.122. The molecule has 1 saturated heterocycles. The van der Waals surface area contributed by atoms with Gasteiger partial charge in [-0.25, -0.2) is 0 Å². The van der Waals surface area contributed by atoms with E-state index in [0.29, 0.717) is 0 Å². The number of carbonyl (C=O) groups is 1. The number of rotatable bonds is 3. The number of hydrogen-bond acceptors (Lipinski definition) is 2. The van der Waals surface area contributed by atoms with Crippen LogP contribution in [0.5, 0.6) is 0 Å². The number of quaternary nitrogens is 1. The highest BCUT2D eigenvalue weighted by molar-refractivity contribution is 5.94. The Hall–Kier alpha value is -2.20. The predicted octanol–water partition coefficient (Wildman–Crippen LogP) is 0.931. The van der Waals surface area contributed by atoms with Crippen LogP contribution in [0.2, 0.25) is 0 Å². The highest BCUT2D eigenvalue weighted by Gasteiger charge is 2.24. The molecule has 2 heterocycles. The zero-order valence-electron chi connectivity index (χ0n) is 13.0. The first-order valence-electron chi connectivity index (χ1n) is 7.81. The second-order valence-corrected chi connectivity index (χ2v) is 5.94. The molecule has 22 heavy (non-hydrogen) atoms. The van der Waals surface area contributed by atoms with Gasteiger partial charge in [0.15, 0.2) is 0 Å². The van der Waals surface area contributed by atoms with Gasteiger partial charge in [-0.05, 0) is 19.1 Å². The average molecular weight is 296 g/mol. The van der Waals surface area contributed by atoms with E-state index in [0.717, 1.165) is 38.3 Å². The van der Waals surface area contributed by atoms with Crippen LogP contribution in [0, 0.1) is 6.92 Å². The lowest BCUT2D eigenvalue weighted by atomic mass is 10.1. The summed E-state index contributed by atoms with van der Waals surface area (Å²) in [6.07, 6.45) is 3.35. The third kappa shape index (κ3) is 3.52. The maximum Gasteiger partial charge on any atom is 0.254 e. The van der Waals surface area contributed by atoms with Crippen LogP contribution in [0.4, 0.5) is 0 Å². The molecule has 1 aliphatic heterocycles. The SMILES string of the molecule is Cc1cccc(C[NH+]2CCN(C(=O)c3ccncc3)CC2)c1. The van der Waals surface area contributed by atoms with Crippen molar-refractivity contribution in [3.63, 3.8) is 0 Å². The van der Waals surface area contributed by atoms with Crippen LogP contribution >= 0.6 is 0 Å². The number of amides is 1. The molecule has 0 aliphatic carbocycles. The fourth-order valence-electron chi connectivity index (χ4n) is 2.99. The van der Waals surface area contributed by atoms with Crippen molar-refractivity contribution in [3.05, 3.63) is 65.5 Å². The van der Waals surface area contributed by atoms with Crippen molar-refractivity contribution in [2.75, 3.05) is 26.2 Å². The van der Waals surface area contributed by atoms with Gasteiger partial charge in [0.25, 0.3) is 5.91 Å². The normalized spacial score (nSPS) is 15.8. The molecular formula is C18H22N3O+. The van der Waals surface area contributed by atoms with E-state index in [4.69, 9.17) is 0 Å². The molecule has 0 saturated carbocycles. The largest absolute Gasteiger partial charge is 0.328 e. The molecule has 0 radical (unpaired) electrons. The Morgan fingerprint density at radius 1 is 1.18 bits per heavy atom. The van der Waals surface area contributed by atoms with E-state index in [9.17, 15) is 4.79 Å². The fraction of sp³-hybridized carbons (Fsp3) is 0.333. The molecule has 1 aromatic heterocycles. The summed E-state index contributed by atoms with van der Waals surface area (Å²) < 4.78 is 0. The van der Waals surface area contributed by atoms with Crippen molar-refractivity contribution in [3.8, 4) is 0 Å². The number of aryl methyl sites for hydroxylation is 1. The maximum atomic E-state index is 12.4. The van der Waals surface area contributed by atoms with Gasteiger partial charge >= 0.3 is 0 Å². The molecule has 1 aromatic carbocycles. The molecule has 0 bridgehead atoms. The van der Waals surface area contributed by atoms with E-state index >= 15 is 0 Å².